The highest BCUT2D eigenvalue weighted by Gasteiger charge is 2.20. The second-order valence-corrected chi connectivity index (χ2v) is 8.41. The summed E-state index contributed by atoms with van der Waals surface area (Å²) in [5, 5.41) is 2.08. The Kier molecular flexibility index (Phi) is 4.81. The van der Waals surface area contributed by atoms with Crippen molar-refractivity contribution in [2.24, 2.45) is 0 Å². The minimum Gasteiger partial charge on any atom is -0.345 e. The lowest BCUT2D eigenvalue weighted by Crippen LogP contribution is -2.26. The molecule has 1 aromatic carbocycles. The molecule has 0 fully saturated rings. The summed E-state index contributed by atoms with van der Waals surface area (Å²) in [4.78, 5) is 12.1. The van der Waals surface area contributed by atoms with Gasteiger partial charge in [-0.3, -0.25) is 4.79 Å². The third-order valence-electron chi connectivity index (χ3n) is 2.78. The Hall–Kier alpha value is 0.160. The molecule has 1 unspecified atom stereocenters. The van der Waals surface area contributed by atoms with Gasteiger partial charge in [-0.25, -0.2) is 0 Å². The average Bonchev–Trinajstić information content (AvgIpc) is 2.35. The van der Waals surface area contributed by atoms with Gasteiger partial charge in [-0.1, -0.05) is 43.5 Å². The summed E-state index contributed by atoms with van der Waals surface area (Å²) in [6, 6.07) is 5.32. The highest BCUT2D eigenvalue weighted by Crippen LogP contribution is 2.26. The predicted octanol–water partition coefficient (Wildman–Crippen LogP) is 4.97. The molecule has 0 radical (unpaired) electrons. The Labute approximate surface area is 141 Å². The van der Waals surface area contributed by atoms with Crippen LogP contribution in [0.1, 0.15) is 6.92 Å². The van der Waals surface area contributed by atoms with Crippen molar-refractivity contribution in [3.05, 3.63) is 44.1 Å². The SMILES string of the molecule is CC(Br)(CBr)Cn1cc(Br)c(=O)c2ccc(Cl)cc21. The summed E-state index contributed by atoms with van der Waals surface area (Å²) in [6.45, 7) is 2.80. The van der Waals surface area contributed by atoms with Crippen LogP contribution < -0.4 is 5.43 Å². The molecule has 0 aliphatic carbocycles. The molecule has 1 heterocycles. The normalized spacial score (nSPS) is 14.6. The van der Waals surface area contributed by atoms with Crippen molar-refractivity contribution in [3.63, 3.8) is 0 Å². The van der Waals surface area contributed by atoms with Crippen molar-refractivity contribution in [2.75, 3.05) is 5.33 Å². The van der Waals surface area contributed by atoms with Crippen LogP contribution >= 0.6 is 59.4 Å². The van der Waals surface area contributed by atoms with Crippen LogP contribution in [-0.4, -0.2) is 14.2 Å². The first kappa shape index (κ1) is 15.5. The molecule has 0 N–H and O–H groups in total. The van der Waals surface area contributed by atoms with Crippen molar-refractivity contribution in [3.8, 4) is 0 Å². The van der Waals surface area contributed by atoms with Crippen LogP contribution in [-0.2, 0) is 6.54 Å². The molecular weight excluding hydrogens is 461 g/mol. The Balaban J connectivity index is 2.70. The van der Waals surface area contributed by atoms with E-state index in [2.05, 4.69) is 54.7 Å². The van der Waals surface area contributed by atoms with Gasteiger partial charge in [-0.05, 0) is 41.1 Å². The fourth-order valence-corrected chi connectivity index (χ4v) is 2.93. The maximum Gasteiger partial charge on any atom is 0.203 e. The van der Waals surface area contributed by atoms with Crippen LogP contribution in [0.15, 0.2) is 33.7 Å². The topological polar surface area (TPSA) is 22.0 Å². The van der Waals surface area contributed by atoms with Crippen LogP contribution in [0.2, 0.25) is 5.02 Å². The maximum atomic E-state index is 12.1. The molecule has 0 aliphatic rings. The second-order valence-electron chi connectivity index (χ2n) is 4.64. The lowest BCUT2D eigenvalue weighted by molar-refractivity contribution is 0.598. The lowest BCUT2D eigenvalue weighted by Gasteiger charge is -2.23. The highest BCUT2D eigenvalue weighted by molar-refractivity contribution is 9.12. The van der Waals surface area contributed by atoms with Gasteiger partial charge in [0.25, 0.3) is 0 Å². The van der Waals surface area contributed by atoms with E-state index in [-0.39, 0.29) is 9.75 Å². The van der Waals surface area contributed by atoms with Crippen molar-refractivity contribution in [1.82, 2.24) is 4.57 Å². The van der Waals surface area contributed by atoms with Gasteiger partial charge in [-0.15, -0.1) is 0 Å². The van der Waals surface area contributed by atoms with Gasteiger partial charge >= 0.3 is 0 Å². The number of halogens is 4. The molecular formula is C13H11Br3ClNO. The number of benzene rings is 1. The van der Waals surface area contributed by atoms with Crippen LogP contribution in [0.25, 0.3) is 10.9 Å². The zero-order valence-corrected chi connectivity index (χ0v) is 15.6. The largest absolute Gasteiger partial charge is 0.345 e. The Morgan fingerprint density at radius 1 is 1.42 bits per heavy atom. The Morgan fingerprint density at radius 2 is 2.11 bits per heavy atom. The van der Waals surface area contributed by atoms with Crippen LogP contribution in [0.3, 0.4) is 0 Å². The van der Waals surface area contributed by atoms with Crippen LogP contribution in [0, 0.1) is 0 Å². The van der Waals surface area contributed by atoms with Crippen LogP contribution in [0.5, 0.6) is 0 Å². The van der Waals surface area contributed by atoms with E-state index in [1.165, 1.54) is 0 Å². The first-order valence-electron chi connectivity index (χ1n) is 5.57. The molecule has 0 saturated carbocycles. The minimum atomic E-state index is -0.100. The molecule has 2 nitrogen and oxygen atoms in total. The highest BCUT2D eigenvalue weighted by atomic mass is 79.9. The molecule has 6 heteroatoms. The van der Waals surface area contributed by atoms with E-state index < -0.39 is 0 Å². The molecule has 0 spiro atoms. The summed E-state index contributed by atoms with van der Waals surface area (Å²) in [7, 11) is 0. The Bertz CT molecular complexity index is 681. The van der Waals surface area contributed by atoms with Gasteiger partial charge in [0.15, 0.2) is 0 Å². The predicted molar refractivity (Wildman–Crippen MR) is 92.0 cm³/mol. The summed E-state index contributed by atoms with van der Waals surface area (Å²) >= 11 is 16.5. The van der Waals surface area contributed by atoms with E-state index in [4.69, 9.17) is 11.6 Å². The number of rotatable bonds is 3. The van der Waals surface area contributed by atoms with Crippen LogP contribution in [0.4, 0.5) is 0 Å². The van der Waals surface area contributed by atoms with E-state index in [0.29, 0.717) is 21.4 Å². The number of aromatic nitrogens is 1. The maximum absolute atomic E-state index is 12.1. The summed E-state index contributed by atoms with van der Waals surface area (Å²) in [5.41, 5.74) is 0.824. The van der Waals surface area contributed by atoms with Crippen molar-refractivity contribution < 1.29 is 0 Å². The zero-order chi connectivity index (χ0) is 14.2. The molecule has 1 aromatic heterocycles. The number of alkyl halides is 2. The fourth-order valence-electron chi connectivity index (χ4n) is 1.86. The van der Waals surface area contributed by atoms with E-state index in [9.17, 15) is 4.79 Å². The van der Waals surface area contributed by atoms with Gasteiger partial charge < -0.3 is 4.57 Å². The third-order valence-corrected chi connectivity index (χ3v) is 6.10. The summed E-state index contributed by atoms with van der Waals surface area (Å²) in [6.07, 6.45) is 1.81. The summed E-state index contributed by atoms with van der Waals surface area (Å²) < 4.78 is 2.49. The minimum absolute atomic E-state index is 0.0157. The molecule has 0 saturated heterocycles. The molecule has 102 valence electrons. The van der Waals surface area contributed by atoms with E-state index >= 15 is 0 Å². The molecule has 2 aromatic rings. The van der Waals surface area contributed by atoms with Gasteiger partial charge in [0.1, 0.15) is 0 Å². The van der Waals surface area contributed by atoms with E-state index in [0.717, 1.165) is 10.8 Å². The fraction of sp³-hybridized carbons (Fsp3) is 0.308. The molecule has 19 heavy (non-hydrogen) atoms. The molecule has 2 rings (SSSR count). The summed E-state index contributed by atoms with van der Waals surface area (Å²) in [5.74, 6) is 0. The smallest absolute Gasteiger partial charge is 0.203 e. The quantitative estimate of drug-likeness (QED) is 0.579. The van der Waals surface area contributed by atoms with Crippen molar-refractivity contribution >= 4 is 70.3 Å². The number of pyridine rings is 1. The van der Waals surface area contributed by atoms with Gasteiger partial charge in [-0.2, -0.15) is 0 Å². The first-order valence-corrected chi connectivity index (χ1v) is 8.66. The zero-order valence-electron chi connectivity index (χ0n) is 10.1. The van der Waals surface area contributed by atoms with Crippen molar-refractivity contribution in [1.29, 1.82) is 0 Å². The molecule has 0 aliphatic heterocycles. The van der Waals surface area contributed by atoms with Gasteiger partial charge in [0, 0.05) is 28.5 Å². The number of fused-ring (bicyclic) bond motifs is 1. The monoisotopic (exact) mass is 469 g/mol. The molecule has 1 atom stereocenters. The first-order chi connectivity index (χ1) is 8.84. The molecule has 0 bridgehead atoms. The molecule has 0 amide bonds. The Morgan fingerprint density at radius 3 is 2.74 bits per heavy atom. The van der Waals surface area contributed by atoms with Gasteiger partial charge in [0.2, 0.25) is 5.43 Å². The standard InChI is InChI=1S/C13H11Br3ClNO/c1-13(16,6-14)7-18-5-10(15)12(19)9-3-2-8(17)4-11(9)18/h2-5H,6-7H2,1H3. The van der Waals surface area contributed by atoms with Crippen molar-refractivity contribution in [2.45, 2.75) is 17.8 Å². The van der Waals surface area contributed by atoms with E-state index in [1.54, 1.807) is 12.1 Å². The third kappa shape index (κ3) is 3.43. The van der Waals surface area contributed by atoms with E-state index in [1.807, 2.05) is 16.8 Å². The number of hydrogen-bond acceptors (Lipinski definition) is 1. The number of nitrogens with zero attached hydrogens (tertiary/aromatic N) is 1. The lowest BCUT2D eigenvalue weighted by atomic mass is 10.1. The van der Waals surface area contributed by atoms with Gasteiger partial charge in [0.05, 0.1) is 14.3 Å². The second kappa shape index (κ2) is 5.88. The average molecular weight is 472 g/mol. The number of hydrogen-bond donors (Lipinski definition) is 0.